The van der Waals surface area contributed by atoms with Crippen LogP contribution in [0.1, 0.15) is 12.8 Å². The van der Waals surface area contributed by atoms with E-state index in [1.54, 1.807) is 0 Å². The zero-order valence-electron chi connectivity index (χ0n) is 9.53. The highest BCUT2D eigenvalue weighted by Crippen LogP contribution is 2.16. The summed E-state index contributed by atoms with van der Waals surface area (Å²) >= 11 is 22.3. The van der Waals surface area contributed by atoms with Gasteiger partial charge < -0.3 is 9.47 Å². The van der Waals surface area contributed by atoms with Crippen LogP contribution in [0, 0.1) is 0 Å². The van der Waals surface area contributed by atoms with Gasteiger partial charge in [-0.2, -0.15) is 0 Å². The first-order chi connectivity index (χ1) is 8.38. The normalized spacial score (nSPS) is 14.1. The minimum absolute atomic E-state index is 0.230. The molecule has 0 spiro atoms. The molecule has 0 aliphatic rings. The van der Waals surface area contributed by atoms with Crippen molar-refractivity contribution in [2.45, 2.75) is 34.7 Å². The summed E-state index contributed by atoms with van der Waals surface area (Å²) in [4.78, 5) is 10.1. The lowest BCUT2D eigenvalue weighted by Gasteiger charge is -2.18. The molecule has 0 aliphatic carbocycles. The highest BCUT2D eigenvalue weighted by atomic mass is 35.5. The number of rotatable bonds is 8. The van der Waals surface area contributed by atoms with Crippen molar-refractivity contribution in [3.63, 3.8) is 0 Å². The Morgan fingerprint density at radius 1 is 0.944 bits per heavy atom. The third kappa shape index (κ3) is 8.92. The van der Waals surface area contributed by atoms with E-state index in [0.29, 0.717) is 0 Å². The molecule has 7 heteroatoms. The molecule has 104 valence electrons. The summed E-state index contributed by atoms with van der Waals surface area (Å²) in [7, 11) is 0. The molecule has 0 radical (unpaired) electrons. The second kappa shape index (κ2) is 9.79. The third-order valence-corrected chi connectivity index (χ3v) is 2.55. The Hall–Kier alpha value is -0.0900. The number of hydrogen-bond donors (Lipinski definition) is 0. The average Bonchev–Trinajstić information content (AvgIpc) is 2.25. The number of hydrogen-bond acceptors (Lipinski definition) is 3. The molecule has 2 atom stereocenters. The molecule has 0 amide bonds. The standard InChI is InChI=1S/C11H14Cl4O3/c1-3-7(5-9(12)13)17-11(16)18-8(4-2)6-10(14)15/h3-4,7-10H,1-2,5-6H2. The summed E-state index contributed by atoms with van der Waals surface area (Å²) in [6, 6.07) is 0. The molecule has 18 heavy (non-hydrogen) atoms. The SMILES string of the molecule is C=CC(CC(Cl)Cl)OC(=O)OC(C=C)CC(Cl)Cl. The Morgan fingerprint density at radius 2 is 1.28 bits per heavy atom. The molecular weight excluding hydrogens is 322 g/mol. The number of carbonyl (C=O) groups is 1. The molecule has 3 nitrogen and oxygen atoms in total. The van der Waals surface area contributed by atoms with Gasteiger partial charge in [0.25, 0.3) is 0 Å². The van der Waals surface area contributed by atoms with Gasteiger partial charge in [0.15, 0.2) is 0 Å². The molecule has 0 saturated heterocycles. The molecule has 0 saturated carbocycles. The molecule has 0 aliphatic heterocycles. The number of halogens is 4. The van der Waals surface area contributed by atoms with Crippen molar-refractivity contribution in [2.75, 3.05) is 0 Å². The van der Waals surface area contributed by atoms with E-state index in [9.17, 15) is 4.79 Å². The molecular formula is C11H14Cl4O3. The molecule has 0 aromatic heterocycles. The molecule has 0 aromatic carbocycles. The van der Waals surface area contributed by atoms with Crippen LogP contribution in [-0.4, -0.2) is 28.0 Å². The summed E-state index contributed by atoms with van der Waals surface area (Å²) < 4.78 is 9.88. The van der Waals surface area contributed by atoms with Gasteiger partial charge in [0.2, 0.25) is 0 Å². The maximum absolute atomic E-state index is 11.4. The molecule has 0 fully saturated rings. The predicted octanol–water partition coefficient (Wildman–Crippen LogP) is 4.64. The van der Waals surface area contributed by atoms with E-state index in [-0.39, 0.29) is 12.8 Å². The van der Waals surface area contributed by atoms with Crippen molar-refractivity contribution in [2.24, 2.45) is 0 Å². The van der Waals surface area contributed by atoms with Crippen LogP contribution in [0.3, 0.4) is 0 Å². The molecule has 0 heterocycles. The van der Waals surface area contributed by atoms with E-state index in [4.69, 9.17) is 55.9 Å². The Balaban J connectivity index is 4.21. The molecule has 2 unspecified atom stereocenters. The van der Waals surface area contributed by atoms with Crippen LogP contribution in [0.5, 0.6) is 0 Å². The first kappa shape index (κ1) is 17.9. The quantitative estimate of drug-likeness (QED) is 0.368. The fourth-order valence-corrected chi connectivity index (χ4v) is 1.71. The number of ether oxygens (including phenoxy) is 2. The van der Waals surface area contributed by atoms with Crippen molar-refractivity contribution in [1.29, 1.82) is 0 Å². The van der Waals surface area contributed by atoms with Crippen molar-refractivity contribution in [1.82, 2.24) is 0 Å². The van der Waals surface area contributed by atoms with Gasteiger partial charge in [-0.15, -0.1) is 46.4 Å². The zero-order valence-corrected chi connectivity index (χ0v) is 12.6. The van der Waals surface area contributed by atoms with Gasteiger partial charge in [-0.25, -0.2) is 4.79 Å². The summed E-state index contributed by atoms with van der Waals surface area (Å²) in [6.07, 6.45) is 1.16. The third-order valence-electron chi connectivity index (χ3n) is 1.84. The largest absolute Gasteiger partial charge is 0.509 e. The van der Waals surface area contributed by atoms with Crippen molar-refractivity contribution < 1.29 is 14.3 Å². The molecule has 0 aromatic rings. The number of carbonyl (C=O) groups excluding carboxylic acids is 1. The summed E-state index contributed by atoms with van der Waals surface area (Å²) in [5.41, 5.74) is 0. The van der Waals surface area contributed by atoms with Crippen molar-refractivity contribution >= 4 is 52.6 Å². The Kier molecular flexibility index (Phi) is 9.74. The lowest BCUT2D eigenvalue weighted by atomic mass is 10.3. The van der Waals surface area contributed by atoms with Crippen LogP contribution in [-0.2, 0) is 9.47 Å². The second-order valence-corrected chi connectivity index (χ2v) is 5.84. The Labute approximate surface area is 127 Å². The summed E-state index contributed by atoms with van der Waals surface area (Å²) in [5.74, 6) is 0. The predicted molar refractivity (Wildman–Crippen MR) is 75.8 cm³/mol. The maximum Gasteiger partial charge on any atom is 0.509 e. The van der Waals surface area contributed by atoms with Gasteiger partial charge in [-0.05, 0) is 0 Å². The van der Waals surface area contributed by atoms with Gasteiger partial charge in [0, 0.05) is 12.8 Å². The Morgan fingerprint density at radius 3 is 1.50 bits per heavy atom. The lowest BCUT2D eigenvalue weighted by molar-refractivity contribution is 0.0194. The van der Waals surface area contributed by atoms with Crippen LogP contribution in [0.4, 0.5) is 4.79 Å². The van der Waals surface area contributed by atoms with E-state index < -0.39 is 28.0 Å². The van der Waals surface area contributed by atoms with Crippen molar-refractivity contribution in [3.05, 3.63) is 25.3 Å². The van der Waals surface area contributed by atoms with Crippen LogP contribution >= 0.6 is 46.4 Å². The maximum atomic E-state index is 11.4. The van der Waals surface area contributed by atoms with Crippen LogP contribution < -0.4 is 0 Å². The summed E-state index contributed by atoms with van der Waals surface area (Å²) in [5, 5.41) is 0. The number of alkyl halides is 4. The van der Waals surface area contributed by atoms with Crippen LogP contribution in [0.15, 0.2) is 25.3 Å². The second-order valence-electron chi connectivity index (χ2n) is 3.29. The highest BCUT2D eigenvalue weighted by Gasteiger charge is 2.19. The molecule has 0 bridgehead atoms. The van der Waals surface area contributed by atoms with E-state index in [1.165, 1.54) is 12.2 Å². The fraction of sp³-hybridized carbons (Fsp3) is 0.545. The van der Waals surface area contributed by atoms with E-state index in [2.05, 4.69) is 13.2 Å². The van der Waals surface area contributed by atoms with Crippen LogP contribution in [0.2, 0.25) is 0 Å². The minimum atomic E-state index is -0.882. The minimum Gasteiger partial charge on any atom is -0.427 e. The van der Waals surface area contributed by atoms with E-state index >= 15 is 0 Å². The first-order valence-electron chi connectivity index (χ1n) is 5.07. The monoisotopic (exact) mass is 334 g/mol. The molecule has 0 N–H and O–H groups in total. The highest BCUT2D eigenvalue weighted by molar-refractivity contribution is 6.44. The Bertz CT molecular complexity index is 255. The lowest BCUT2D eigenvalue weighted by Crippen LogP contribution is -2.23. The van der Waals surface area contributed by atoms with Crippen LogP contribution in [0.25, 0.3) is 0 Å². The van der Waals surface area contributed by atoms with Gasteiger partial charge in [0.05, 0.1) is 0 Å². The fourth-order valence-electron chi connectivity index (χ4n) is 1.01. The smallest absolute Gasteiger partial charge is 0.427 e. The van der Waals surface area contributed by atoms with E-state index in [0.717, 1.165) is 0 Å². The van der Waals surface area contributed by atoms with Gasteiger partial charge in [-0.1, -0.05) is 25.3 Å². The first-order valence-corrected chi connectivity index (χ1v) is 6.82. The topological polar surface area (TPSA) is 35.5 Å². The zero-order chi connectivity index (χ0) is 14.1. The average molecular weight is 336 g/mol. The van der Waals surface area contributed by atoms with Crippen molar-refractivity contribution in [3.8, 4) is 0 Å². The summed E-state index contributed by atoms with van der Waals surface area (Å²) in [6.45, 7) is 7.00. The molecule has 0 rings (SSSR count). The van der Waals surface area contributed by atoms with Gasteiger partial charge in [0.1, 0.15) is 21.9 Å². The van der Waals surface area contributed by atoms with Gasteiger partial charge in [-0.3, -0.25) is 0 Å². The van der Waals surface area contributed by atoms with E-state index in [1.807, 2.05) is 0 Å². The van der Waals surface area contributed by atoms with Gasteiger partial charge >= 0.3 is 6.16 Å².